The number of piperazine rings is 1. The smallest absolute Gasteiger partial charge is 0.328 e. The van der Waals surface area contributed by atoms with E-state index in [9.17, 15) is 24.6 Å². The largest absolute Gasteiger partial charge is 0.508 e. The molecule has 5 aliphatic rings. The Balaban J connectivity index is 0.728. The molecule has 2 atom stereocenters. The molecule has 2 aromatic heterocycles. The number of ether oxygens (including phenoxy) is 2. The maximum atomic E-state index is 17.0. The van der Waals surface area contributed by atoms with Crippen LogP contribution in [0.25, 0.3) is 32.9 Å². The van der Waals surface area contributed by atoms with E-state index in [4.69, 9.17) is 20.9 Å². The third-order valence-electron chi connectivity index (χ3n) is 16.2. The number of piperidine rings is 2. The zero-order valence-electron chi connectivity index (χ0n) is 42.5. The average molecular weight is 1010 g/mol. The molecule has 1 saturated carbocycles. The number of amides is 4. The van der Waals surface area contributed by atoms with Crippen molar-refractivity contribution >= 4 is 51.0 Å². The van der Waals surface area contributed by atoms with Crippen LogP contribution >= 0.6 is 0 Å². The summed E-state index contributed by atoms with van der Waals surface area (Å²) in [6.45, 7) is 12.3. The van der Waals surface area contributed by atoms with Gasteiger partial charge < -0.3 is 39.3 Å². The zero-order chi connectivity index (χ0) is 51.9. The van der Waals surface area contributed by atoms with Crippen LogP contribution in [0.4, 0.5) is 25.1 Å². The van der Waals surface area contributed by atoms with Gasteiger partial charge in [-0.1, -0.05) is 18.9 Å². The molecule has 1 aliphatic carbocycles. The molecule has 5 fully saturated rings. The number of likely N-dealkylation sites (tertiary alicyclic amines) is 1. The van der Waals surface area contributed by atoms with Crippen molar-refractivity contribution in [3.63, 3.8) is 0 Å². The van der Waals surface area contributed by atoms with Crippen molar-refractivity contribution in [2.24, 2.45) is 17.3 Å². The maximum absolute atomic E-state index is 17.0. The minimum atomic E-state index is -0.991. The van der Waals surface area contributed by atoms with Crippen LogP contribution < -0.4 is 24.6 Å². The Hall–Kier alpha value is -6.68. The van der Waals surface area contributed by atoms with Gasteiger partial charge in [-0.2, -0.15) is 9.97 Å². The number of urea groups is 1. The number of aromatic hydroxyl groups is 1. The summed E-state index contributed by atoms with van der Waals surface area (Å²) in [4.78, 5) is 62.4. The Labute approximate surface area is 430 Å². The molecule has 10 rings (SSSR count). The van der Waals surface area contributed by atoms with Crippen molar-refractivity contribution in [1.29, 1.82) is 0 Å². The third-order valence-corrected chi connectivity index (χ3v) is 16.2. The van der Waals surface area contributed by atoms with Crippen molar-refractivity contribution in [2.75, 3.05) is 95.5 Å². The number of imide groups is 1. The molecule has 5 aromatic rings. The number of nitrogens with zero attached hydrogens (tertiary/aromatic N) is 8. The summed E-state index contributed by atoms with van der Waals surface area (Å²) in [6, 6.07) is 10.1. The Morgan fingerprint density at radius 2 is 1.72 bits per heavy atom. The van der Waals surface area contributed by atoms with E-state index in [0.717, 1.165) is 52.1 Å². The highest BCUT2D eigenvalue weighted by molar-refractivity contribution is 6.07. The predicted molar refractivity (Wildman–Crippen MR) is 277 cm³/mol. The molecule has 0 bridgehead atoms. The number of hydrogen-bond donors (Lipinski definition) is 3. The van der Waals surface area contributed by atoms with Gasteiger partial charge in [0.2, 0.25) is 5.91 Å². The highest BCUT2D eigenvalue weighted by atomic mass is 19.1. The van der Waals surface area contributed by atoms with Gasteiger partial charge in [0.15, 0.2) is 5.82 Å². The fourth-order valence-electron chi connectivity index (χ4n) is 12.1. The molecule has 4 amide bonds. The van der Waals surface area contributed by atoms with Crippen molar-refractivity contribution in [2.45, 2.75) is 77.2 Å². The number of aliphatic hydroxyl groups is 1. The van der Waals surface area contributed by atoms with Crippen LogP contribution in [0.1, 0.15) is 87.6 Å². The quantitative estimate of drug-likeness (QED) is 0.106. The van der Waals surface area contributed by atoms with E-state index < -0.39 is 23.3 Å². The fraction of sp³-hybridized carbons (Fsp3) is 0.500. The first-order valence-electron chi connectivity index (χ1n) is 26.0. The topological polar surface area (TPSA) is 177 Å². The van der Waals surface area contributed by atoms with Crippen LogP contribution in [0.15, 0.2) is 48.7 Å². The van der Waals surface area contributed by atoms with Crippen molar-refractivity contribution < 1.29 is 42.9 Å². The van der Waals surface area contributed by atoms with Gasteiger partial charge in [0, 0.05) is 107 Å². The normalized spacial score (nSPS) is 21.5. The minimum Gasteiger partial charge on any atom is -0.508 e. The third kappa shape index (κ3) is 10.5. The molecule has 3 aromatic carbocycles. The lowest BCUT2D eigenvalue weighted by Gasteiger charge is -2.47. The van der Waals surface area contributed by atoms with E-state index in [1.807, 2.05) is 9.80 Å². The summed E-state index contributed by atoms with van der Waals surface area (Å²) in [5.41, 5.74) is 0.0693. The first-order valence-corrected chi connectivity index (χ1v) is 26.0. The summed E-state index contributed by atoms with van der Waals surface area (Å²) >= 11 is 0. The van der Waals surface area contributed by atoms with Crippen molar-refractivity contribution in [1.82, 2.24) is 35.0 Å². The van der Waals surface area contributed by atoms with Gasteiger partial charge in [0.25, 0.3) is 5.91 Å². The van der Waals surface area contributed by atoms with Crippen LogP contribution in [0.2, 0.25) is 0 Å². The molecule has 0 radical (unpaired) electrons. The second kappa shape index (κ2) is 20.9. The SMILES string of the molecule is C#Cc1c(F)ccc2cc(O)cc(-c3ncc4c(N5CCC[C@@](C)(O)C5)nc(OC[C@H](C)CN5CCN(CC6CCC7(CC6)CCN(C(=O)c6ccc(OC)c(N8CCC(=O)NC8=O)c6)CC7)CC5)nc4c3F)c12. The van der Waals surface area contributed by atoms with Gasteiger partial charge in [0.1, 0.15) is 34.3 Å². The standard InChI is InChI=1S/C56H65F2N9O7/c1-5-40-43(57)9-7-37-27-39(68)29-41(47(37)40)49-48(58)50-42(30-59-49)51(66-19-6-14-55(3,72)34-66)62-53(61-50)74-33-35(2)31-63-23-25-64(26-24-63)32-36-11-15-56(16-12-36)17-21-65(22-18-56)52(70)38-8-10-45(73-4)44(28-38)67-20-13-46(69)60-54(67)71/h1,7-10,27-30,35-36,68,72H,6,11-26,31-34H2,2-4H3,(H,60,69,71)/t35-,55-/m1/s1. The number of hydrogen-bond acceptors (Lipinski definition) is 13. The number of fused-ring (bicyclic) bond motifs is 2. The number of aromatic nitrogens is 3. The number of benzene rings is 3. The minimum absolute atomic E-state index is 0.0101. The Morgan fingerprint density at radius 3 is 2.43 bits per heavy atom. The number of methoxy groups -OCH3 is 1. The molecule has 4 saturated heterocycles. The summed E-state index contributed by atoms with van der Waals surface area (Å²) < 4.78 is 43.8. The molecule has 0 unspecified atom stereocenters. The van der Waals surface area contributed by atoms with Crippen molar-refractivity contribution in [3.05, 3.63) is 71.4 Å². The number of nitrogens with one attached hydrogen (secondary N) is 1. The van der Waals surface area contributed by atoms with E-state index in [0.29, 0.717) is 72.0 Å². The molecule has 18 heteroatoms. The van der Waals surface area contributed by atoms with E-state index >= 15 is 8.78 Å². The molecule has 16 nitrogen and oxygen atoms in total. The fourth-order valence-corrected chi connectivity index (χ4v) is 12.1. The maximum Gasteiger partial charge on any atom is 0.328 e. The lowest BCUT2D eigenvalue weighted by atomic mass is 9.65. The number of anilines is 2. The van der Waals surface area contributed by atoms with Gasteiger partial charge in [-0.15, -0.1) is 6.42 Å². The Bertz CT molecular complexity index is 3010. The highest BCUT2D eigenvalue weighted by Gasteiger charge is 2.40. The number of phenols is 1. The first-order chi connectivity index (χ1) is 35.6. The van der Waals surface area contributed by atoms with Gasteiger partial charge in [-0.25, -0.2) is 13.6 Å². The van der Waals surface area contributed by atoms with Gasteiger partial charge in [-0.3, -0.25) is 24.8 Å². The Kier molecular flexibility index (Phi) is 14.4. The molecule has 4 aliphatic heterocycles. The van der Waals surface area contributed by atoms with E-state index in [1.54, 1.807) is 25.1 Å². The number of rotatable bonds is 12. The number of carbonyl (C=O) groups is 3. The summed E-state index contributed by atoms with van der Waals surface area (Å²) in [7, 11) is 1.52. The number of terminal acetylenes is 1. The summed E-state index contributed by atoms with van der Waals surface area (Å²) in [6.07, 6.45) is 15.3. The highest BCUT2D eigenvalue weighted by Crippen LogP contribution is 2.47. The van der Waals surface area contributed by atoms with Gasteiger partial charge in [0.05, 0.1) is 36.0 Å². The number of phenolic OH excluding ortho intramolecular Hbond substituents is 1. The summed E-state index contributed by atoms with van der Waals surface area (Å²) in [5.74, 6) is 1.97. The lowest BCUT2D eigenvalue weighted by Crippen LogP contribution is -2.50. The van der Waals surface area contributed by atoms with Crippen LogP contribution in [0.5, 0.6) is 17.5 Å². The number of β-amino-alcohol motifs (C(OH)–C–C–N with tert-alkyl or cyclic N) is 1. The number of pyridine rings is 1. The van der Waals surface area contributed by atoms with E-state index in [2.05, 4.69) is 37.9 Å². The van der Waals surface area contributed by atoms with Crippen LogP contribution in [-0.2, 0) is 4.79 Å². The molecular formula is C56H65F2N9O7. The predicted octanol–water partition coefficient (Wildman–Crippen LogP) is 7.36. The molecule has 1 spiro atoms. The first kappa shape index (κ1) is 50.8. The second-order valence-electron chi connectivity index (χ2n) is 21.6. The van der Waals surface area contributed by atoms with Crippen molar-refractivity contribution in [3.8, 4) is 41.1 Å². The zero-order valence-corrected chi connectivity index (χ0v) is 42.5. The van der Waals surface area contributed by atoms with Crippen LogP contribution in [0, 0.1) is 41.2 Å². The van der Waals surface area contributed by atoms with Crippen LogP contribution in [-0.4, -0.2) is 149 Å². The molecular weight excluding hydrogens is 949 g/mol. The Morgan fingerprint density at radius 1 is 0.959 bits per heavy atom. The second-order valence-corrected chi connectivity index (χ2v) is 21.6. The molecule has 74 heavy (non-hydrogen) atoms. The van der Waals surface area contributed by atoms with E-state index in [1.165, 1.54) is 68.2 Å². The number of carbonyl (C=O) groups excluding carboxylic acids is 3. The van der Waals surface area contributed by atoms with Crippen LogP contribution in [0.3, 0.4) is 0 Å². The monoisotopic (exact) mass is 1010 g/mol. The average Bonchev–Trinajstić information content (AvgIpc) is 3.39. The lowest BCUT2D eigenvalue weighted by molar-refractivity contribution is -0.120. The molecule has 390 valence electrons. The number of halogens is 2. The summed E-state index contributed by atoms with van der Waals surface area (Å²) in [5, 5.41) is 25.1. The molecule has 3 N–H and O–H groups in total. The van der Waals surface area contributed by atoms with Gasteiger partial charge >= 0.3 is 12.0 Å². The van der Waals surface area contributed by atoms with Gasteiger partial charge in [-0.05, 0) is 111 Å². The molecule has 6 heterocycles. The van der Waals surface area contributed by atoms with E-state index in [-0.39, 0.29) is 88.7 Å².